The molecule has 3 fully saturated rings. The number of carbonyl (C=O) groups excluding carboxylic acids is 1. The highest BCUT2D eigenvalue weighted by molar-refractivity contribution is 5.89. The summed E-state index contributed by atoms with van der Waals surface area (Å²) >= 11 is 0. The zero-order valence-electron chi connectivity index (χ0n) is 20.4. The average molecular weight is 458 g/mol. The lowest BCUT2D eigenvalue weighted by molar-refractivity contribution is -0.146. The summed E-state index contributed by atoms with van der Waals surface area (Å²) in [6, 6.07) is 11.7. The minimum Gasteiger partial charge on any atom is -0.381 e. The highest BCUT2D eigenvalue weighted by Crippen LogP contribution is 2.45. The van der Waals surface area contributed by atoms with Crippen molar-refractivity contribution in [1.29, 1.82) is 0 Å². The van der Waals surface area contributed by atoms with Gasteiger partial charge in [0, 0.05) is 43.9 Å². The van der Waals surface area contributed by atoms with Crippen LogP contribution in [-0.2, 0) is 21.4 Å². The van der Waals surface area contributed by atoms with Crippen LogP contribution in [0.2, 0.25) is 0 Å². The van der Waals surface area contributed by atoms with Gasteiger partial charge >= 0.3 is 0 Å². The SMILES string of the molecule is Cc1cc(C)cc(C2(C(=O)N3[C@H]4CC[C@H]3CC(Cc3nccn5cccc35)C4)CCOCC2)c1. The van der Waals surface area contributed by atoms with E-state index in [1.165, 1.54) is 27.9 Å². The molecule has 2 bridgehead atoms. The van der Waals surface area contributed by atoms with Crippen LogP contribution in [0.25, 0.3) is 5.52 Å². The number of aromatic nitrogens is 2. The van der Waals surface area contributed by atoms with Gasteiger partial charge in [0.05, 0.1) is 16.6 Å². The summed E-state index contributed by atoms with van der Waals surface area (Å²) in [5, 5.41) is 0. The van der Waals surface area contributed by atoms with Gasteiger partial charge in [-0.25, -0.2) is 0 Å². The molecule has 3 aliphatic heterocycles. The largest absolute Gasteiger partial charge is 0.381 e. The zero-order valence-corrected chi connectivity index (χ0v) is 20.4. The highest BCUT2D eigenvalue weighted by Gasteiger charge is 2.51. The lowest BCUT2D eigenvalue weighted by Crippen LogP contribution is -2.56. The van der Waals surface area contributed by atoms with Gasteiger partial charge < -0.3 is 14.0 Å². The second-order valence-corrected chi connectivity index (χ2v) is 10.9. The first-order valence-electron chi connectivity index (χ1n) is 12.9. The molecule has 1 aromatic carbocycles. The second-order valence-electron chi connectivity index (χ2n) is 10.9. The van der Waals surface area contributed by atoms with E-state index in [4.69, 9.17) is 9.72 Å². The van der Waals surface area contributed by atoms with Gasteiger partial charge in [0.2, 0.25) is 5.91 Å². The Morgan fingerprint density at radius 1 is 1.06 bits per heavy atom. The Hall–Kier alpha value is -2.66. The minimum atomic E-state index is -0.443. The monoisotopic (exact) mass is 457 g/mol. The molecule has 6 rings (SSSR count). The Bertz CT molecular complexity index is 1170. The Kier molecular flexibility index (Phi) is 5.48. The Morgan fingerprint density at radius 3 is 2.47 bits per heavy atom. The molecule has 0 unspecified atom stereocenters. The number of fused-ring (bicyclic) bond motifs is 3. The number of amides is 1. The number of aryl methyl sites for hydroxylation is 2. The van der Waals surface area contributed by atoms with Crippen LogP contribution in [0.15, 0.2) is 48.9 Å². The van der Waals surface area contributed by atoms with Crippen LogP contribution in [0.3, 0.4) is 0 Å². The van der Waals surface area contributed by atoms with E-state index in [9.17, 15) is 4.79 Å². The number of benzene rings is 1. The maximum Gasteiger partial charge on any atom is 0.233 e. The molecule has 1 amide bonds. The fourth-order valence-corrected chi connectivity index (χ4v) is 7.09. The molecule has 178 valence electrons. The van der Waals surface area contributed by atoms with Gasteiger partial charge in [0.25, 0.3) is 0 Å². The molecule has 2 atom stereocenters. The number of piperidine rings is 1. The quantitative estimate of drug-likeness (QED) is 0.553. The van der Waals surface area contributed by atoms with Crippen molar-refractivity contribution in [3.05, 3.63) is 71.3 Å². The maximum absolute atomic E-state index is 14.4. The molecule has 5 heteroatoms. The predicted octanol–water partition coefficient (Wildman–Crippen LogP) is 5.01. The number of hydrogen-bond donors (Lipinski definition) is 0. The van der Waals surface area contributed by atoms with Gasteiger partial charge in [-0.2, -0.15) is 0 Å². The molecule has 2 aromatic heterocycles. The fourth-order valence-electron chi connectivity index (χ4n) is 7.09. The maximum atomic E-state index is 14.4. The predicted molar refractivity (Wildman–Crippen MR) is 133 cm³/mol. The van der Waals surface area contributed by atoms with E-state index >= 15 is 0 Å². The molecule has 3 aliphatic rings. The van der Waals surface area contributed by atoms with Crippen LogP contribution in [0, 0.1) is 19.8 Å². The van der Waals surface area contributed by atoms with Crippen molar-refractivity contribution < 1.29 is 9.53 Å². The lowest BCUT2D eigenvalue weighted by atomic mass is 9.71. The number of carbonyl (C=O) groups is 1. The lowest BCUT2D eigenvalue weighted by Gasteiger charge is -2.46. The van der Waals surface area contributed by atoms with Gasteiger partial charge in [0.1, 0.15) is 0 Å². The number of nitrogens with zero attached hydrogens (tertiary/aromatic N) is 3. The van der Waals surface area contributed by atoms with Crippen LogP contribution in [0.5, 0.6) is 0 Å². The first kappa shape index (κ1) is 21.8. The Labute approximate surface area is 202 Å². The van der Waals surface area contributed by atoms with Gasteiger partial charge in [-0.15, -0.1) is 0 Å². The van der Waals surface area contributed by atoms with E-state index < -0.39 is 5.41 Å². The highest BCUT2D eigenvalue weighted by atomic mass is 16.5. The molecule has 34 heavy (non-hydrogen) atoms. The average Bonchev–Trinajstić information content (AvgIpc) is 3.41. The normalized spacial score (nSPS) is 26.2. The van der Waals surface area contributed by atoms with Gasteiger partial charge in [-0.3, -0.25) is 9.78 Å². The first-order valence-corrected chi connectivity index (χ1v) is 12.9. The summed E-state index contributed by atoms with van der Waals surface area (Å²) in [6.07, 6.45) is 13.0. The summed E-state index contributed by atoms with van der Waals surface area (Å²) in [5.41, 5.74) is 5.63. The molecule has 3 saturated heterocycles. The van der Waals surface area contributed by atoms with E-state index in [-0.39, 0.29) is 0 Å². The Balaban J connectivity index is 1.26. The summed E-state index contributed by atoms with van der Waals surface area (Å²) in [7, 11) is 0. The molecule has 0 aliphatic carbocycles. The van der Waals surface area contributed by atoms with E-state index in [1.807, 2.05) is 12.4 Å². The summed E-state index contributed by atoms with van der Waals surface area (Å²) in [4.78, 5) is 21.5. The van der Waals surface area contributed by atoms with E-state index in [1.54, 1.807) is 0 Å². The van der Waals surface area contributed by atoms with Crippen molar-refractivity contribution in [2.75, 3.05) is 13.2 Å². The van der Waals surface area contributed by atoms with Crippen LogP contribution in [-0.4, -0.2) is 45.5 Å². The van der Waals surface area contributed by atoms with Gasteiger partial charge in [-0.1, -0.05) is 29.3 Å². The van der Waals surface area contributed by atoms with Crippen molar-refractivity contribution in [3.63, 3.8) is 0 Å². The molecule has 0 radical (unpaired) electrons. The fraction of sp³-hybridized carbons (Fsp3) is 0.517. The summed E-state index contributed by atoms with van der Waals surface area (Å²) in [6.45, 7) is 5.61. The third kappa shape index (κ3) is 3.65. The van der Waals surface area contributed by atoms with Gasteiger partial charge in [-0.05, 0) is 82.4 Å². The molecule has 0 N–H and O–H groups in total. The van der Waals surface area contributed by atoms with Gasteiger partial charge in [0.15, 0.2) is 0 Å². The molecular weight excluding hydrogens is 422 g/mol. The van der Waals surface area contributed by atoms with Crippen LogP contribution >= 0.6 is 0 Å². The second kappa shape index (κ2) is 8.53. The zero-order chi connectivity index (χ0) is 23.3. The van der Waals surface area contributed by atoms with Crippen LogP contribution < -0.4 is 0 Å². The third-order valence-corrected chi connectivity index (χ3v) is 8.61. The van der Waals surface area contributed by atoms with Crippen molar-refractivity contribution in [3.8, 4) is 0 Å². The number of ether oxygens (including phenoxy) is 1. The van der Waals surface area contributed by atoms with E-state index in [2.05, 4.69) is 59.7 Å². The number of hydrogen-bond acceptors (Lipinski definition) is 3. The summed E-state index contributed by atoms with van der Waals surface area (Å²) in [5.74, 6) is 0.945. The van der Waals surface area contributed by atoms with E-state index in [0.717, 1.165) is 44.9 Å². The Morgan fingerprint density at radius 2 is 1.76 bits per heavy atom. The molecule has 5 nitrogen and oxygen atoms in total. The van der Waals surface area contributed by atoms with Crippen molar-refractivity contribution in [2.24, 2.45) is 5.92 Å². The molecule has 3 aromatic rings. The molecular formula is C29H35N3O2. The molecule has 0 saturated carbocycles. The van der Waals surface area contributed by atoms with E-state index in [0.29, 0.717) is 37.1 Å². The molecule has 5 heterocycles. The van der Waals surface area contributed by atoms with Crippen LogP contribution in [0.1, 0.15) is 60.9 Å². The van der Waals surface area contributed by atoms with Crippen LogP contribution in [0.4, 0.5) is 0 Å². The van der Waals surface area contributed by atoms with Crippen molar-refractivity contribution >= 4 is 11.4 Å². The summed E-state index contributed by atoms with van der Waals surface area (Å²) < 4.78 is 7.91. The topological polar surface area (TPSA) is 46.8 Å². The standard InChI is InChI=1S/C29H35N3O2/c1-20-14-21(2)16-23(15-20)29(7-12-34-13-8-29)28(33)32-24-5-6-25(32)18-22(17-24)19-26-27-4-3-10-31(27)11-9-30-26/h3-4,9-11,14-16,22,24-25H,5-8,12-13,17-19H2,1-2H3/t24-,25-/m0/s1. The van der Waals surface area contributed by atoms with Crippen molar-refractivity contribution in [1.82, 2.24) is 14.3 Å². The minimum absolute atomic E-state index is 0.355. The third-order valence-electron chi connectivity index (χ3n) is 8.61. The smallest absolute Gasteiger partial charge is 0.233 e. The van der Waals surface area contributed by atoms with Crippen molar-refractivity contribution in [2.45, 2.75) is 76.3 Å². The first-order chi connectivity index (χ1) is 16.5. The number of rotatable bonds is 4. The molecule has 0 spiro atoms.